The molecule has 0 atom stereocenters. The molecule has 142 valence electrons. The van der Waals surface area contributed by atoms with E-state index in [2.05, 4.69) is 9.88 Å². The molecular formula is C21H18N2O4S. The van der Waals surface area contributed by atoms with Crippen molar-refractivity contribution in [1.82, 2.24) is 9.88 Å². The fourth-order valence-electron chi connectivity index (χ4n) is 3.25. The maximum Gasteiger partial charge on any atom is 0.291 e. The minimum atomic E-state index is -0.340. The zero-order chi connectivity index (χ0) is 19.7. The van der Waals surface area contributed by atoms with Crippen molar-refractivity contribution in [3.63, 3.8) is 0 Å². The molecule has 4 rings (SSSR count). The Morgan fingerprint density at radius 3 is 2.68 bits per heavy atom. The first-order valence-corrected chi connectivity index (χ1v) is 9.44. The van der Waals surface area contributed by atoms with Crippen LogP contribution < -0.4 is 14.8 Å². The Hall–Kier alpha value is -3.19. The number of methoxy groups -OCH3 is 2. The van der Waals surface area contributed by atoms with Gasteiger partial charge >= 0.3 is 0 Å². The van der Waals surface area contributed by atoms with Gasteiger partial charge in [0, 0.05) is 40.5 Å². The van der Waals surface area contributed by atoms with E-state index in [4.69, 9.17) is 9.47 Å². The van der Waals surface area contributed by atoms with Gasteiger partial charge in [0.05, 0.1) is 26.5 Å². The van der Waals surface area contributed by atoms with Crippen LogP contribution in [0.15, 0.2) is 54.4 Å². The van der Waals surface area contributed by atoms with Gasteiger partial charge in [0.15, 0.2) is 0 Å². The molecule has 1 aliphatic rings. The van der Waals surface area contributed by atoms with Crippen LogP contribution in [0.3, 0.4) is 0 Å². The maximum atomic E-state index is 11.9. The van der Waals surface area contributed by atoms with Crippen LogP contribution in [-0.2, 0) is 11.3 Å². The summed E-state index contributed by atoms with van der Waals surface area (Å²) in [6, 6.07) is 13.7. The molecular weight excluding hydrogens is 376 g/mol. The number of hydrogen-bond donors (Lipinski definition) is 1. The largest absolute Gasteiger partial charge is 0.497 e. The Bertz CT molecular complexity index is 1120. The molecule has 28 heavy (non-hydrogen) atoms. The standard InChI is InChI=1S/C21H18N2O4S/c1-26-15-7-6-14(19(11-15)27-2)12-23-9-8-16-13(4-3-5-18(16)23)10-17-20(24)28-21(25)22-17/h3-11H,12H2,1-2H3,(H,22,25). The number of rotatable bonds is 5. The van der Waals surface area contributed by atoms with E-state index in [0.717, 1.165) is 33.5 Å². The number of thioether (sulfide) groups is 1. The summed E-state index contributed by atoms with van der Waals surface area (Å²) >= 11 is 0.681. The summed E-state index contributed by atoms with van der Waals surface area (Å²) in [6.07, 6.45) is 3.72. The molecule has 0 unspecified atom stereocenters. The first-order valence-electron chi connectivity index (χ1n) is 8.62. The Labute approximate surface area is 166 Å². The first kappa shape index (κ1) is 18.2. The second-order valence-electron chi connectivity index (χ2n) is 6.26. The number of hydrogen-bond acceptors (Lipinski definition) is 5. The van der Waals surface area contributed by atoms with Crippen LogP contribution >= 0.6 is 11.8 Å². The number of carbonyl (C=O) groups is 2. The lowest BCUT2D eigenvalue weighted by atomic mass is 10.1. The zero-order valence-corrected chi connectivity index (χ0v) is 16.2. The lowest BCUT2D eigenvalue weighted by molar-refractivity contribution is -0.107. The number of ether oxygens (including phenoxy) is 2. The normalized spacial score (nSPS) is 15.3. The SMILES string of the molecule is COc1ccc(Cn2ccc3c(C=C4NC(=O)SC4=O)cccc32)c(OC)c1. The average Bonchev–Trinajstić information content (AvgIpc) is 3.25. The van der Waals surface area contributed by atoms with Gasteiger partial charge in [-0.3, -0.25) is 9.59 Å². The molecule has 2 aromatic carbocycles. The maximum absolute atomic E-state index is 11.9. The molecule has 6 nitrogen and oxygen atoms in total. The second-order valence-corrected chi connectivity index (χ2v) is 7.21. The highest BCUT2D eigenvalue weighted by atomic mass is 32.2. The van der Waals surface area contributed by atoms with Gasteiger partial charge in [0.25, 0.3) is 5.24 Å². The van der Waals surface area contributed by atoms with Crippen molar-refractivity contribution in [3.05, 3.63) is 65.5 Å². The van der Waals surface area contributed by atoms with Crippen LogP contribution in [-0.4, -0.2) is 29.1 Å². The van der Waals surface area contributed by atoms with Gasteiger partial charge in [-0.2, -0.15) is 0 Å². The Kier molecular flexibility index (Phi) is 4.83. The smallest absolute Gasteiger partial charge is 0.291 e. The number of nitrogens with zero attached hydrogens (tertiary/aromatic N) is 1. The summed E-state index contributed by atoms with van der Waals surface area (Å²) < 4.78 is 12.9. The van der Waals surface area contributed by atoms with E-state index in [1.54, 1.807) is 20.3 Å². The summed E-state index contributed by atoms with van der Waals surface area (Å²) in [5, 5.41) is 2.99. The highest BCUT2D eigenvalue weighted by molar-refractivity contribution is 8.27. The minimum Gasteiger partial charge on any atom is -0.497 e. The first-order chi connectivity index (χ1) is 13.6. The molecule has 3 aromatic rings. The van der Waals surface area contributed by atoms with Crippen molar-refractivity contribution in [3.8, 4) is 11.5 Å². The van der Waals surface area contributed by atoms with Crippen molar-refractivity contribution < 1.29 is 19.1 Å². The molecule has 1 N–H and O–H groups in total. The minimum absolute atomic E-state index is 0.260. The van der Waals surface area contributed by atoms with Crippen LogP contribution in [0.2, 0.25) is 0 Å². The van der Waals surface area contributed by atoms with Gasteiger partial charge in [-0.1, -0.05) is 12.1 Å². The third-order valence-electron chi connectivity index (χ3n) is 4.62. The van der Waals surface area contributed by atoms with Crippen LogP contribution in [0, 0.1) is 0 Å². The molecule has 0 spiro atoms. The van der Waals surface area contributed by atoms with Crippen molar-refractivity contribution in [2.24, 2.45) is 0 Å². The lowest BCUT2D eigenvalue weighted by Crippen LogP contribution is -2.10. The van der Waals surface area contributed by atoms with Crippen molar-refractivity contribution >= 4 is 39.1 Å². The number of benzene rings is 2. The van der Waals surface area contributed by atoms with Gasteiger partial charge in [-0.15, -0.1) is 0 Å². The van der Waals surface area contributed by atoms with E-state index >= 15 is 0 Å². The second kappa shape index (κ2) is 7.44. The molecule has 1 saturated heterocycles. The Morgan fingerprint density at radius 1 is 1.11 bits per heavy atom. The van der Waals surface area contributed by atoms with E-state index in [1.165, 1.54) is 0 Å². The molecule has 7 heteroatoms. The quantitative estimate of drug-likeness (QED) is 0.662. The molecule has 0 radical (unpaired) electrons. The van der Waals surface area contributed by atoms with Gasteiger partial charge in [-0.05, 0) is 35.9 Å². The molecule has 0 aliphatic carbocycles. The zero-order valence-electron chi connectivity index (χ0n) is 15.4. The molecule has 1 aromatic heterocycles. The predicted octanol–water partition coefficient (Wildman–Crippen LogP) is 4.03. The highest BCUT2D eigenvalue weighted by Crippen LogP contribution is 2.29. The van der Waals surface area contributed by atoms with Crippen molar-refractivity contribution in [2.75, 3.05) is 14.2 Å². The molecule has 0 saturated carbocycles. The van der Waals surface area contributed by atoms with Gasteiger partial charge in [0.1, 0.15) is 11.5 Å². The third kappa shape index (κ3) is 3.36. The summed E-state index contributed by atoms with van der Waals surface area (Å²) in [7, 11) is 3.27. The van der Waals surface area contributed by atoms with E-state index in [0.29, 0.717) is 24.0 Å². The summed E-state index contributed by atoms with van der Waals surface area (Å²) in [6.45, 7) is 0.627. The monoisotopic (exact) mass is 394 g/mol. The Morgan fingerprint density at radius 2 is 1.96 bits per heavy atom. The van der Waals surface area contributed by atoms with Crippen LogP contribution in [0.25, 0.3) is 17.0 Å². The van der Waals surface area contributed by atoms with E-state index in [-0.39, 0.29) is 10.4 Å². The predicted molar refractivity (Wildman–Crippen MR) is 110 cm³/mol. The number of carbonyl (C=O) groups excluding carboxylic acids is 2. The summed E-state index contributed by atoms with van der Waals surface area (Å²) in [5.41, 5.74) is 3.24. The molecule has 1 amide bonds. The lowest BCUT2D eigenvalue weighted by Gasteiger charge is -2.12. The third-order valence-corrected chi connectivity index (χ3v) is 5.32. The van der Waals surface area contributed by atoms with E-state index in [9.17, 15) is 9.59 Å². The number of amides is 1. The van der Waals surface area contributed by atoms with Crippen molar-refractivity contribution in [2.45, 2.75) is 6.54 Å². The van der Waals surface area contributed by atoms with E-state index < -0.39 is 0 Å². The number of aromatic nitrogens is 1. The van der Waals surface area contributed by atoms with Crippen LogP contribution in [0.4, 0.5) is 4.79 Å². The average molecular weight is 394 g/mol. The fourth-order valence-corrected chi connectivity index (χ4v) is 3.80. The van der Waals surface area contributed by atoms with Gasteiger partial charge in [-0.25, -0.2) is 0 Å². The highest BCUT2D eigenvalue weighted by Gasteiger charge is 2.25. The summed E-state index contributed by atoms with van der Waals surface area (Å²) in [4.78, 5) is 23.3. The topological polar surface area (TPSA) is 69.6 Å². The molecule has 1 aliphatic heterocycles. The molecule has 1 fully saturated rings. The van der Waals surface area contributed by atoms with Crippen LogP contribution in [0.5, 0.6) is 11.5 Å². The molecule has 0 bridgehead atoms. The van der Waals surface area contributed by atoms with Gasteiger partial charge < -0.3 is 19.4 Å². The fraction of sp³-hybridized carbons (Fsp3) is 0.143. The molecule has 2 heterocycles. The van der Waals surface area contributed by atoms with Crippen molar-refractivity contribution in [1.29, 1.82) is 0 Å². The Balaban J connectivity index is 1.70. The van der Waals surface area contributed by atoms with Gasteiger partial charge in [0.2, 0.25) is 5.12 Å². The van der Waals surface area contributed by atoms with E-state index in [1.807, 2.05) is 48.7 Å². The van der Waals surface area contributed by atoms with Crippen LogP contribution in [0.1, 0.15) is 11.1 Å². The number of nitrogens with one attached hydrogen (secondary N) is 1. The number of fused-ring (bicyclic) bond motifs is 1. The summed E-state index contributed by atoms with van der Waals surface area (Å²) in [5.74, 6) is 1.50.